The number of hydrogen-bond acceptors (Lipinski definition) is 2. The Hall–Kier alpha value is -0.530. The van der Waals surface area contributed by atoms with E-state index in [0.717, 1.165) is 13.0 Å². The Bertz CT molecular complexity index is 267. The van der Waals surface area contributed by atoms with E-state index >= 15 is 0 Å². The normalized spacial score (nSPS) is 11.8. The number of halogens is 1. The molecule has 0 aromatic rings. The summed E-state index contributed by atoms with van der Waals surface area (Å²) in [6, 6.07) is 0. The summed E-state index contributed by atoms with van der Waals surface area (Å²) in [6.07, 6.45) is 4.75. The lowest BCUT2D eigenvalue weighted by molar-refractivity contribution is -0.125. The summed E-state index contributed by atoms with van der Waals surface area (Å²) in [5.74, 6) is 0.0211. The summed E-state index contributed by atoms with van der Waals surface area (Å²) in [4.78, 5) is 15.2. The van der Waals surface area contributed by atoms with Gasteiger partial charge in [-0.25, -0.2) is 0 Å². The first-order valence-electron chi connectivity index (χ1n) is 6.24. The van der Waals surface area contributed by atoms with E-state index in [9.17, 15) is 4.79 Å². The largest absolute Gasteiger partial charge is 0.370 e. The molecule has 0 saturated heterocycles. The average molecular weight is 370 g/mol. The Morgan fingerprint density at radius 1 is 1.22 bits per heavy atom. The maximum Gasteiger partial charge on any atom is 0.224 e. The molecule has 0 aromatic carbocycles. The second-order valence-corrected chi connectivity index (χ2v) is 4.94. The fraction of sp³-hybridized carbons (Fsp3) is 0.833. The lowest BCUT2D eigenvalue weighted by atomic mass is 9.93. The molecule has 5 nitrogen and oxygen atoms in total. The van der Waals surface area contributed by atoms with Crippen molar-refractivity contribution in [1.82, 2.24) is 5.32 Å². The molecule has 0 rings (SSSR count). The lowest BCUT2D eigenvalue weighted by Gasteiger charge is -2.17. The van der Waals surface area contributed by atoms with Crippen LogP contribution in [0.4, 0.5) is 0 Å². The molecule has 1 amide bonds. The summed E-state index contributed by atoms with van der Waals surface area (Å²) in [6.45, 7) is 6.83. The Labute approximate surface area is 127 Å². The predicted octanol–water partition coefficient (Wildman–Crippen LogP) is 1.60. The zero-order chi connectivity index (χ0) is 13.3. The molecule has 0 saturated carbocycles. The van der Waals surface area contributed by atoms with Gasteiger partial charge in [-0.3, -0.25) is 9.79 Å². The Kier molecular flexibility index (Phi) is 11.4. The van der Waals surface area contributed by atoms with Crippen LogP contribution in [0, 0.1) is 5.41 Å². The molecule has 0 aliphatic rings. The van der Waals surface area contributed by atoms with Crippen molar-refractivity contribution in [3.8, 4) is 0 Å². The first kappa shape index (κ1) is 19.8. The number of nitrogens with two attached hydrogens (primary N) is 2. The Morgan fingerprint density at radius 2 is 1.83 bits per heavy atom. The second-order valence-electron chi connectivity index (χ2n) is 4.94. The van der Waals surface area contributed by atoms with Crippen LogP contribution in [0.25, 0.3) is 0 Å². The van der Waals surface area contributed by atoms with Gasteiger partial charge in [0.1, 0.15) is 0 Å². The number of carbonyl (C=O) groups excluding carboxylic acids is 1. The van der Waals surface area contributed by atoms with Gasteiger partial charge in [-0.15, -0.1) is 24.0 Å². The minimum absolute atomic E-state index is 0. The number of carbonyl (C=O) groups is 1. The molecule has 108 valence electrons. The zero-order valence-corrected chi connectivity index (χ0v) is 14.0. The van der Waals surface area contributed by atoms with Crippen LogP contribution in [-0.4, -0.2) is 25.0 Å². The molecule has 0 radical (unpaired) electrons. The number of guanidine groups is 1. The van der Waals surface area contributed by atoms with Crippen molar-refractivity contribution in [2.75, 3.05) is 13.1 Å². The van der Waals surface area contributed by atoms with Crippen LogP contribution < -0.4 is 16.8 Å². The number of hydrogen-bond donors (Lipinski definition) is 3. The first-order valence-corrected chi connectivity index (χ1v) is 6.24. The molecule has 0 heterocycles. The number of amides is 1. The molecule has 0 atom stereocenters. The zero-order valence-electron chi connectivity index (χ0n) is 11.7. The quantitative estimate of drug-likeness (QED) is 0.262. The van der Waals surface area contributed by atoms with E-state index in [-0.39, 0.29) is 29.9 Å². The van der Waals surface area contributed by atoms with Crippen LogP contribution >= 0.6 is 24.0 Å². The van der Waals surface area contributed by atoms with Crippen LogP contribution in [0.3, 0.4) is 0 Å². The number of aliphatic imine (C=N–C) groups is 1. The number of nitrogens with zero attached hydrogens (tertiary/aromatic N) is 1. The van der Waals surface area contributed by atoms with E-state index in [2.05, 4.69) is 17.2 Å². The summed E-state index contributed by atoms with van der Waals surface area (Å²) >= 11 is 0. The monoisotopic (exact) mass is 370 g/mol. The number of rotatable bonds is 8. The minimum Gasteiger partial charge on any atom is -0.370 e. The van der Waals surface area contributed by atoms with E-state index in [1.807, 2.05) is 0 Å². The molecule has 6 heteroatoms. The molecular weight excluding hydrogens is 343 g/mol. The van der Waals surface area contributed by atoms with Crippen LogP contribution in [0.2, 0.25) is 0 Å². The molecule has 0 spiro atoms. The molecule has 0 aliphatic carbocycles. The SMILES string of the molecule is CCCCCCNC(N)=NCC(C)(C)C(N)=O.I. The highest BCUT2D eigenvalue weighted by molar-refractivity contribution is 14.0. The van der Waals surface area contributed by atoms with Crippen LogP contribution in [0.1, 0.15) is 46.5 Å². The fourth-order valence-corrected chi connectivity index (χ4v) is 1.18. The number of unbranched alkanes of at least 4 members (excludes halogenated alkanes) is 3. The summed E-state index contributed by atoms with van der Waals surface area (Å²) < 4.78 is 0. The van der Waals surface area contributed by atoms with Crippen LogP contribution in [0.5, 0.6) is 0 Å². The van der Waals surface area contributed by atoms with Gasteiger partial charge >= 0.3 is 0 Å². The number of nitrogens with one attached hydrogen (secondary N) is 1. The molecule has 0 fully saturated rings. The van der Waals surface area contributed by atoms with Crippen molar-refractivity contribution in [2.24, 2.45) is 21.9 Å². The molecule has 0 bridgehead atoms. The molecule has 0 aromatic heterocycles. The van der Waals surface area contributed by atoms with Gasteiger partial charge in [-0.2, -0.15) is 0 Å². The Morgan fingerprint density at radius 3 is 2.33 bits per heavy atom. The van der Waals surface area contributed by atoms with Gasteiger partial charge in [-0.1, -0.05) is 26.2 Å². The summed E-state index contributed by atoms with van der Waals surface area (Å²) in [5, 5.41) is 3.03. The highest BCUT2D eigenvalue weighted by atomic mass is 127. The van der Waals surface area contributed by atoms with Crippen molar-refractivity contribution in [1.29, 1.82) is 0 Å². The fourth-order valence-electron chi connectivity index (χ4n) is 1.18. The topological polar surface area (TPSA) is 93.5 Å². The Balaban J connectivity index is 0. The van der Waals surface area contributed by atoms with Crippen molar-refractivity contribution < 1.29 is 4.79 Å². The smallest absolute Gasteiger partial charge is 0.224 e. The van der Waals surface area contributed by atoms with E-state index in [0.29, 0.717) is 12.5 Å². The summed E-state index contributed by atoms with van der Waals surface area (Å²) in [7, 11) is 0. The average Bonchev–Trinajstić information content (AvgIpc) is 2.26. The molecule has 5 N–H and O–H groups in total. The second kappa shape index (κ2) is 10.4. The third kappa shape index (κ3) is 9.49. The molecule has 18 heavy (non-hydrogen) atoms. The molecule has 0 unspecified atom stereocenters. The number of primary amides is 1. The highest BCUT2D eigenvalue weighted by Crippen LogP contribution is 2.13. The van der Waals surface area contributed by atoms with Gasteiger partial charge < -0.3 is 16.8 Å². The first-order chi connectivity index (χ1) is 7.90. The summed E-state index contributed by atoms with van der Waals surface area (Å²) in [5.41, 5.74) is 10.3. The van der Waals surface area contributed by atoms with Crippen LogP contribution in [0.15, 0.2) is 4.99 Å². The predicted molar refractivity (Wildman–Crippen MR) is 87.0 cm³/mol. The van der Waals surface area contributed by atoms with E-state index in [1.165, 1.54) is 19.3 Å². The molecular formula is C12H27IN4O. The maximum atomic E-state index is 11.1. The highest BCUT2D eigenvalue weighted by Gasteiger charge is 2.24. The van der Waals surface area contributed by atoms with Crippen molar-refractivity contribution >= 4 is 35.8 Å². The van der Waals surface area contributed by atoms with Gasteiger partial charge in [0, 0.05) is 6.54 Å². The van der Waals surface area contributed by atoms with E-state index < -0.39 is 5.41 Å². The minimum atomic E-state index is -0.644. The van der Waals surface area contributed by atoms with E-state index in [4.69, 9.17) is 11.5 Å². The van der Waals surface area contributed by atoms with Gasteiger partial charge in [0.15, 0.2) is 5.96 Å². The van der Waals surface area contributed by atoms with Crippen molar-refractivity contribution in [2.45, 2.75) is 46.5 Å². The van der Waals surface area contributed by atoms with Gasteiger partial charge in [-0.05, 0) is 20.3 Å². The maximum absolute atomic E-state index is 11.1. The van der Waals surface area contributed by atoms with Crippen molar-refractivity contribution in [3.63, 3.8) is 0 Å². The molecule has 0 aliphatic heterocycles. The standard InChI is InChI=1S/C12H26N4O.HI/c1-4-5-6-7-8-15-11(14)16-9-12(2,3)10(13)17;/h4-9H2,1-3H3,(H2,13,17)(H3,14,15,16);1H. The van der Waals surface area contributed by atoms with E-state index in [1.54, 1.807) is 13.8 Å². The van der Waals surface area contributed by atoms with Gasteiger partial charge in [0.05, 0.1) is 12.0 Å². The van der Waals surface area contributed by atoms with Gasteiger partial charge in [0.2, 0.25) is 5.91 Å². The van der Waals surface area contributed by atoms with Crippen molar-refractivity contribution in [3.05, 3.63) is 0 Å². The third-order valence-corrected chi connectivity index (χ3v) is 2.65. The van der Waals surface area contributed by atoms with Crippen LogP contribution in [-0.2, 0) is 4.79 Å². The third-order valence-electron chi connectivity index (χ3n) is 2.65. The lowest BCUT2D eigenvalue weighted by Crippen LogP contribution is -2.37. The van der Waals surface area contributed by atoms with Gasteiger partial charge in [0.25, 0.3) is 0 Å².